The van der Waals surface area contributed by atoms with E-state index in [2.05, 4.69) is 18.7 Å². The van der Waals surface area contributed by atoms with Gasteiger partial charge in [-0.15, -0.1) is 0 Å². The molecule has 0 spiro atoms. The molecule has 7 heavy (non-hydrogen) atoms. The number of rotatable bonds is 1. The molecule has 0 nitrogen and oxygen atoms in total. The smallest absolute Gasteiger partial charge is 0.00851 e. The zero-order valence-electron chi connectivity index (χ0n) is 4.15. The van der Waals surface area contributed by atoms with E-state index in [1.54, 1.807) is 0 Å². The summed E-state index contributed by atoms with van der Waals surface area (Å²) >= 11 is 0. The van der Waals surface area contributed by atoms with Crippen molar-refractivity contribution < 1.29 is 0 Å². The standard InChI is InChI=1S/C7H7/c1-2-7-5-3-4-6-7/h2-3,5H,1,4H2. The van der Waals surface area contributed by atoms with Crippen LogP contribution in [-0.2, 0) is 0 Å². The number of hydrogen-bond acceptors (Lipinski definition) is 0. The fraction of sp³-hybridized carbons (Fsp3) is 0.143. The predicted molar refractivity (Wildman–Crippen MR) is 30.7 cm³/mol. The van der Waals surface area contributed by atoms with Gasteiger partial charge in [0.05, 0.1) is 0 Å². The fourth-order valence-corrected chi connectivity index (χ4v) is 0.562. The maximum atomic E-state index is 3.59. The summed E-state index contributed by atoms with van der Waals surface area (Å²) in [6, 6.07) is 0. The van der Waals surface area contributed by atoms with Crippen molar-refractivity contribution in [1.82, 2.24) is 0 Å². The van der Waals surface area contributed by atoms with Crippen LogP contribution >= 0.6 is 0 Å². The third-order valence-corrected chi connectivity index (χ3v) is 0.941. The summed E-state index contributed by atoms with van der Waals surface area (Å²) in [5.41, 5.74) is 1.13. The summed E-state index contributed by atoms with van der Waals surface area (Å²) in [4.78, 5) is 0. The molecule has 0 atom stereocenters. The van der Waals surface area contributed by atoms with Crippen LogP contribution in [0.5, 0.6) is 0 Å². The highest BCUT2D eigenvalue weighted by molar-refractivity contribution is 5.31. The molecule has 0 amide bonds. The van der Waals surface area contributed by atoms with Gasteiger partial charge in [0.2, 0.25) is 0 Å². The quantitative estimate of drug-likeness (QED) is 0.462. The van der Waals surface area contributed by atoms with Gasteiger partial charge in [0.15, 0.2) is 0 Å². The van der Waals surface area contributed by atoms with Crippen molar-refractivity contribution in [2.24, 2.45) is 0 Å². The van der Waals surface area contributed by atoms with Gasteiger partial charge in [-0.2, -0.15) is 0 Å². The Labute approximate surface area is 43.9 Å². The molecule has 0 bridgehead atoms. The van der Waals surface area contributed by atoms with Crippen molar-refractivity contribution in [3.8, 4) is 0 Å². The normalized spacial score (nSPS) is 16.9. The zero-order valence-corrected chi connectivity index (χ0v) is 4.15. The fourth-order valence-electron chi connectivity index (χ4n) is 0.562. The average molecular weight is 91.1 g/mol. The van der Waals surface area contributed by atoms with Crippen molar-refractivity contribution in [3.63, 3.8) is 0 Å². The minimum absolute atomic E-state index is 0.960. The molecule has 0 aliphatic heterocycles. The Hall–Kier alpha value is -0.780. The van der Waals surface area contributed by atoms with E-state index in [9.17, 15) is 0 Å². The summed E-state index contributed by atoms with van der Waals surface area (Å²) in [6.45, 7) is 3.59. The van der Waals surface area contributed by atoms with E-state index in [1.807, 2.05) is 12.2 Å². The van der Waals surface area contributed by atoms with Crippen LogP contribution in [0.15, 0.2) is 30.4 Å². The van der Waals surface area contributed by atoms with E-state index in [0.29, 0.717) is 0 Å². The molecule has 0 N–H and O–H groups in total. The van der Waals surface area contributed by atoms with Crippen LogP contribution in [0, 0.1) is 6.08 Å². The molecule has 0 saturated heterocycles. The molecule has 0 heteroatoms. The Bertz CT molecular complexity index is 127. The first kappa shape index (κ1) is 4.38. The molecular formula is C7H7. The maximum absolute atomic E-state index is 3.59. The largest absolute Gasteiger partial charge is 0.0985 e. The Balaban J connectivity index is 2.69. The molecule has 0 unspecified atom stereocenters. The molecule has 0 aromatic heterocycles. The molecule has 0 aromatic rings. The van der Waals surface area contributed by atoms with E-state index in [1.165, 1.54) is 0 Å². The molecule has 1 aliphatic rings. The average Bonchev–Trinajstić information content (AvgIpc) is 2.14. The molecule has 1 radical (unpaired) electrons. The van der Waals surface area contributed by atoms with Crippen LogP contribution in [-0.4, -0.2) is 0 Å². The second-order valence-electron chi connectivity index (χ2n) is 1.44. The van der Waals surface area contributed by atoms with Gasteiger partial charge < -0.3 is 0 Å². The maximum Gasteiger partial charge on any atom is -0.00851 e. The highest BCUT2D eigenvalue weighted by Gasteiger charge is 1.88. The van der Waals surface area contributed by atoms with Gasteiger partial charge in [0, 0.05) is 0 Å². The minimum Gasteiger partial charge on any atom is -0.0985 e. The molecule has 0 aromatic carbocycles. The van der Waals surface area contributed by atoms with Crippen molar-refractivity contribution >= 4 is 0 Å². The Morgan fingerprint density at radius 2 is 2.71 bits per heavy atom. The van der Waals surface area contributed by atoms with Crippen LogP contribution in [0.25, 0.3) is 0 Å². The molecule has 0 saturated carbocycles. The lowest BCUT2D eigenvalue weighted by molar-refractivity contribution is 1.39. The summed E-state index contributed by atoms with van der Waals surface area (Å²) in [5.74, 6) is 0. The van der Waals surface area contributed by atoms with Crippen molar-refractivity contribution in [2.45, 2.75) is 6.42 Å². The first-order chi connectivity index (χ1) is 3.43. The van der Waals surface area contributed by atoms with Gasteiger partial charge in [-0.3, -0.25) is 0 Å². The number of hydrogen-bond donors (Lipinski definition) is 0. The Morgan fingerprint density at radius 3 is 3.00 bits per heavy atom. The SMILES string of the molecule is C=CC1=[C]CC=C1. The van der Waals surface area contributed by atoms with E-state index in [0.717, 1.165) is 12.0 Å². The van der Waals surface area contributed by atoms with Gasteiger partial charge in [-0.05, 0) is 18.1 Å². The monoisotopic (exact) mass is 91.1 g/mol. The van der Waals surface area contributed by atoms with E-state index in [-0.39, 0.29) is 0 Å². The summed E-state index contributed by atoms with van der Waals surface area (Å²) in [5, 5.41) is 0. The molecule has 1 rings (SSSR count). The lowest BCUT2D eigenvalue weighted by Crippen LogP contribution is -1.58. The molecular weight excluding hydrogens is 84.1 g/mol. The zero-order chi connectivity index (χ0) is 5.11. The summed E-state index contributed by atoms with van der Waals surface area (Å²) < 4.78 is 0. The first-order valence-electron chi connectivity index (χ1n) is 2.33. The van der Waals surface area contributed by atoms with Gasteiger partial charge in [0.1, 0.15) is 0 Å². The molecule has 35 valence electrons. The minimum atomic E-state index is 0.960. The van der Waals surface area contributed by atoms with Crippen LogP contribution in [0.2, 0.25) is 0 Å². The second kappa shape index (κ2) is 1.78. The van der Waals surface area contributed by atoms with Gasteiger partial charge in [0.25, 0.3) is 0 Å². The highest BCUT2D eigenvalue weighted by atomic mass is 13.9. The van der Waals surface area contributed by atoms with Crippen molar-refractivity contribution in [3.05, 3.63) is 36.5 Å². The lowest BCUT2D eigenvalue weighted by atomic mass is 10.3. The molecule has 0 heterocycles. The molecule has 1 aliphatic carbocycles. The van der Waals surface area contributed by atoms with E-state index >= 15 is 0 Å². The van der Waals surface area contributed by atoms with E-state index in [4.69, 9.17) is 0 Å². The third kappa shape index (κ3) is 0.801. The topological polar surface area (TPSA) is 0 Å². The van der Waals surface area contributed by atoms with Gasteiger partial charge in [-0.1, -0.05) is 24.8 Å². The van der Waals surface area contributed by atoms with Gasteiger partial charge >= 0.3 is 0 Å². The van der Waals surface area contributed by atoms with Crippen LogP contribution < -0.4 is 0 Å². The van der Waals surface area contributed by atoms with Crippen LogP contribution in [0.1, 0.15) is 6.42 Å². The predicted octanol–water partition coefficient (Wildman–Crippen LogP) is 1.86. The Morgan fingerprint density at radius 1 is 1.86 bits per heavy atom. The summed E-state index contributed by atoms with van der Waals surface area (Å²) in [6.07, 6.45) is 9.95. The summed E-state index contributed by atoms with van der Waals surface area (Å²) in [7, 11) is 0. The Kier molecular flexibility index (Phi) is 1.12. The molecule has 0 fully saturated rings. The van der Waals surface area contributed by atoms with Crippen molar-refractivity contribution in [2.75, 3.05) is 0 Å². The van der Waals surface area contributed by atoms with Crippen LogP contribution in [0.4, 0.5) is 0 Å². The van der Waals surface area contributed by atoms with E-state index < -0.39 is 0 Å². The number of allylic oxidation sites excluding steroid dienone is 5. The third-order valence-electron chi connectivity index (χ3n) is 0.941. The highest BCUT2D eigenvalue weighted by Crippen LogP contribution is 2.06. The van der Waals surface area contributed by atoms with Crippen molar-refractivity contribution in [1.29, 1.82) is 0 Å². The lowest BCUT2D eigenvalue weighted by Gasteiger charge is -1.76. The van der Waals surface area contributed by atoms with Crippen LogP contribution in [0.3, 0.4) is 0 Å². The first-order valence-corrected chi connectivity index (χ1v) is 2.33. The second-order valence-corrected chi connectivity index (χ2v) is 1.44. The van der Waals surface area contributed by atoms with Gasteiger partial charge in [-0.25, -0.2) is 0 Å².